The third kappa shape index (κ3) is 3.10. The number of hydrogen-bond acceptors (Lipinski definition) is 5. The van der Waals surface area contributed by atoms with Crippen LogP contribution in [-0.2, 0) is 9.53 Å². The van der Waals surface area contributed by atoms with Crippen molar-refractivity contribution < 1.29 is 24.5 Å². The average Bonchev–Trinajstić information content (AvgIpc) is 3.32. The molecule has 2 N–H and O–H groups in total. The van der Waals surface area contributed by atoms with Crippen molar-refractivity contribution in [2.24, 2.45) is 34.5 Å². The lowest BCUT2D eigenvalue weighted by atomic mass is 9.59. The highest BCUT2D eigenvalue weighted by Crippen LogP contribution is 2.71. The van der Waals surface area contributed by atoms with Crippen LogP contribution in [0.2, 0.25) is 0 Å². The van der Waals surface area contributed by atoms with Crippen molar-refractivity contribution >= 4 is 17.6 Å². The summed E-state index contributed by atoms with van der Waals surface area (Å²) in [5, 5.41) is 24.3. The summed E-state index contributed by atoms with van der Waals surface area (Å²) in [4.78, 5) is 29.2. The van der Waals surface area contributed by atoms with Crippen LogP contribution < -0.4 is 4.90 Å². The van der Waals surface area contributed by atoms with Gasteiger partial charge in [0.15, 0.2) is 17.5 Å². The fourth-order valence-corrected chi connectivity index (χ4v) is 7.89. The van der Waals surface area contributed by atoms with Gasteiger partial charge >= 0.3 is 6.09 Å². The minimum atomic E-state index is -1.98. The van der Waals surface area contributed by atoms with Crippen LogP contribution in [0, 0.1) is 41.4 Å². The molecule has 2 bridgehead atoms. The number of hydrogen-bond donors (Lipinski definition) is 2. The molecule has 36 heavy (non-hydrogen) atoms. The van der Waals surface area contributed by atoms with Gasteiger partial charge in [-0.15, -0.1) is 0 Å². The molecule has 2 fully saturated rings. The topological polar surface area (TPSA) is 87.1 Å². The zero-order valence-electron chi connectivity index (χ0n) is 22.4. The summed E-state index contributed by atoms with van der Waals surface area (Å²) in [6.45, 7) is 12.1. The largest absolute Gasteiger partial charge is 0.438 e. The van der Waals surface area contributed by atoms with Crippen LogP contribution >= 0.6 is 0 Å². The first-order chi connectivity index (χ1) is 16.8. The number of allylic oxidation sites excluding steroid dienone is 1. The Morgan fingerprint density at radius 3 is 2.58 bits per heavy atom. The molecular weight excluding hydrogens is 454 g/mol. The fraction of sp³-hybridized carbons (Fsp3) is 0.600. The lowest BCUT2D eigenvalue weighted by Crippen LogP contribution is -2.66. The van der Waals surface area contributed by atoms with Crippen LogP contribution in [-0.4, -0.2) is 46.9 Å². The predicted molar refractivity (Wildman–Crippen MR) is 138 cm³/mol. The van der Waals surface area contributed by atoms with Gasteiger partial charge in [-0.2, -0.15) is 0 Å². The van der Waals surface area contributed by atoms with Gasteiger partial charge in [0.25, 0.3) is 0 Å². The molecule has 4 aliphatic rings. The van der Waals surface area contributed by atoms with Crippen molar-refractivity contribution in [3.8, 4) is 0 Å². The molecule has 4 aliphatic carbocycles. The normalized spacial score (nSPS) is 40.2. The van der Waals surface area contributed by atoms with Gasteiger partial charge in [0.05, 0.1) is 5.41 Å². The zero-order valence-corrected chi connectivity index (χ0v) is 22.4. The molecule has 6 heteroatoms. The molecule has 0 radical (unpaired) electrons. The SMILES string of the molecule is CCC1=C[C@@H]2C(=O)[C@]3(C=C(C)[C@H](OC(=O)N(C)c4cccc(C)c4)[C@@]3(O)[C@@H]1O)[C@H](C)C[C@@H]1[C@H]2C1(C)C. The molecule has 0 aliphatic heterocycles. The number of Topliss-reactive ketones (excluding diaryl/α,β-unsaturated/α-hetero) is 1. The molecule has 2 saturated carbocycles. The van der Waals surface area contributed by atoms with E-state index in [0.717, 1.165) is 12.0 Å². The first-order valence-electron chi connectivity index (χ1n) is 13.2. The summed E-state index contributed by atoms with van der Waals surface area (Å²) in [5.41, 5.74) is -0.349. The number of ketones is 1. The van der Waals surface area contributed by atoms with E-state index < -0.39 is 29.3 Å². The number of nitrogens with zero attached hydrogens (tertiary/aromatic N) is 1. The molecule has 0 aromatic heterocycles. The highest BCUT2D eigenvalue weighted by Gasteiger charge is 2.76. The summed E-state index contributed by atoms with van der Waals surface area (Å²) in [6.07, 6.45) is 1.91. The molecule has 1 aromatic rings. The Labute approximate surface area is 214 Å². The molecule has 1 aromatic carbocycles. The lowest BCUT2D eigenvalue weighted by molar-refractivity contribution is -0.189. The first-order valence-corrected chi connectivity index (χ1v) is 13.2. The second-order valence-corrected chi connectivity index (χ2v) is 12.2. The van der Waals surface area contributed by atoms with Crippen molar-refractivity contribution in [3.63, 3.8) is 0 Å². The summed E-state index contributed by atoms with van der Waals surface area (Å²) in [5.74, 6) is -0.0881. The molecule has 0 unspecified atom stereocenters. The van der Waals surface area contributed by atoms with Gasteiger partial charge in [0.2, 0.25) is 0 Å². The molecule has 194 valence electrons. The van der Waals surface area contributed by atoms with Crippen LogP contribution in [0.1, 0.15) is 53.0 Å². The zero-order chi connectivity index (χ0) is 26.4. The number of rotatable bonds is 3. The molecule has 0 saturated heterocycles. The molecule has 1 amide bonds. The quantitative estimate of drug-likeness (QED) is 0.590. The van der Waals surface area contributed by atoms with Crippen LogP contribution in [0.5, 0.6) is 0 Å². The molecule has 8 atom stereocenters. The summed E-state index contributed by atoms with van der Waals surface area (Å²) in [6, 6.07) is 7.50. The first kappa shape index (κ1) is 25.2. The Morgan fingerprint density at radius 1 is 1.25 bits per heavy atom. The monoisotopic (exact) mass is 493 g/mol. The summed E-state index contributed by atoms with van der Waals surface area (Å²) < 4.78 is 6.00. The highest BCUT2D eigenvalue weighted by molar-refractivity contribution is 5.95. The van der Waals surface area contributed by atoms with E-state index in [1.807, 2.05) is 57.2 Å². The van der Waals surface area contributed by atoms with E-state index in [2.05, 4.69) is 13.8 Å². The number of aliphatic hydroxyl groups excluding tert-OH is 1. The van der Waals surface area contributed by atoms with Gasteiger partial charge in [-0.25, -0.2) is 4.79 Å². The number of carbonyl (C=O) groups is 2. The molecule has 6 nitrogen and oxygen atoms in total. The Kier molecular flexibility index (Phi) is 5.62. The molecule has 5 rings (SSSR count). The number of aryl methyl sites for hydroxylation is 1. The van der Waals surface area contributed by atoms with Crippen molar-refractivity contribution in [3.05, 3.63) is 53.1 Å². The van der Waals surface area contributed by atoms with Crippen LogP contribution in [0.15, 0.2) is 47.6 Å². The number of anilines is 1. The smallest absolute Gasteiger partial charge is 0.414 e. The number of aliphatic hydroxyl groups is 2. The van der Waals surface area contributed by atoms with Crippen LogP contribution in [0.4, 0.5) is 10.5 Å². The third-order valence-corrected chi connectivity index (χ3v) is 10.0. The van der Waals surface area contributed by atoms with E-state index in [-0.39, 0.29) is 29.0 Å². The van der Waals surface area contributed by atoms with Gasteiger partial charge in [0.1, 0.15) is 6.10 Å². The van der Waals surface area contributed by atoms with Crippen molar-refractivity contribution in [1.29, 1.82) is 0 Å². The summed E-state index contributed by atoms with van der Waals surface area (Å²) >= 11 is 0. The Morgan fingerprint density at radius 2 is 1.94 bits per heavy atom. The number of fused-ring (bicyclic) bond motifs is 3. The van der Waals surface area contributed by atoms with E-state index >= 15 is 0 Å². The van der Waals surface area contributed by atoms with Crippen molar-refractivity contribution in [2.75, 3.05) is 11.9 Å². The minimum absolute atomic E-state index is 0.0404. The second-order valence-electron chi connectivity index (χ2n) is 12.2. The van der Waals surface area contributed by atoms with E-state index in [9.17, 15) is 19.8 Å². The van der Waals surface area contributed by atoms with Gasteiger partial charge < -0.3 is 14.9 Å². The Hall–Kier alpha value is -2.44. The fourth-order valence-electron chi connectivity index (χ4n) is 7.89. The van der Waals surface area contributed by atoms with Gasteiger partial charge in [-0.3, -0.25) is 9.69 Å². The predicted octanol–water partition coefficient (Wildman–Crippen LogP) is 4.82. The highest BCUT2D eigenvalue weighted by atomic mass is 16.6. The Balaban J connectivity index is 1.58. The molecular formula is C30H39NO5. The number of ether oxygens (including phenoxy) is 1. The average molecular weight is 494 g/mol. The maximum atomic E-state index is 14.5. The molecule has 0 heterocycles. The Bertz CT molecular complexity index is 1180. The third-order valence-electron chi connectivity index (χ3n) is 10.0. The van der Waals surface area contributed by atoms with E-state index in [0.29, 0.717) is 29.2 Å². The van der Waals surface area contributed by atoms with Gasteiger partial charge in [0, 0.05) is 18.7 Å². The number of amides is 1. The number of benzene rings is 1. The summed E-state index contributed by atoms with van der Waals surface area (Å²) in [7, 11) is 1.62. The second kappa shape index (κ2) is 8.03. The maximum absolute atomic E-state index is 14.5. The van der Waals surface area contributed by atoms with Gasteiger partial charge in [-0.1, -0.05) is 52.0 Å². The standard InChI is InChI=1S/C30H39NO5/c1-8-19-14-21-23-22(28(23,5)6)13-18(4)29(25(21)33)15-17(3)26(30(29,35)24(19)32)36-27(34)31(7)20-11-9-10-16(2)12-20/h9-12,14-15,18,21-24,26,32,35H,8,13H2,1-7H3/t18-,21+,22-,23+,24-,26+,29+,30+/m1/s1. The molecule has 1 spiro atoms. The van der Waals surface area contributed by atoms with Crippen LogP contribution in [0.3, 0.4) is 0 Å². The number of carbonyl (C=O) groups excluding carboxylic acids is 2. The van der Waals surface area contributed by atoms with E-state index in [4.69, 9.17) is 4.74 Å². The van der Waals surface area contributed by atoms with E-state index in [1.165, 1.54) is 4.90 Å². The van der Waals surface area contributed by atoms with E-state index in [1.54, 1.807) is 14.0 Å². The van der Waals surface area contributed by atoms with Crippen molar-refractivity contribution in [2.45, 2.75) is 72.2 Å². The minimum Gasteiger partial charge on any atom is -0.438 e. The van der Waals surface area contributed by atoms with Crippen LogP contribution in [0.25, 0.3) is 0 Å². The lowest BCUT2D eigenvalue weighted by Gasteiger charge is -2.49. The maximum Gasteiger partial charge on any atom is 0.414 e. The van der Waals surface area contributed by atoms with Crippen molar-refractivity contribution in [1.82, 2.24) is 0 Å². The van der Waals surface area contributed by atoms with Gasteiger partial charge in [-0.05, 0) is 78.7 Å².